The third-order valence-corrected chi connectivity index (χ3v) is 3.93. The molecule has 0 aliphatic carbocycles. The van der Waals surface area contributed by atoms with Crippen molar-refractivity contribution in [3.63, 3.8) is 0 Å². The largest absolute Gasteiger partial charge is 0.477 e. The lowest BCUT2D eigenvalue weighted by Gasteiger charge is -2.05. The number of aromatic carboxylic acids is 1. The highest BCUT2D eigenvalue weighted by molar-refractivity contribution is 7.11. The molecule has 102 valence electrons. The minimum atomic E-state index is -0.971. The van der Waals surface area contributed by atoms with E-state index in [-0.39, 0.29) is 5.56 Å². The van der Waals surface area contributed by atoms with Crippen LogP contribution >= 0.6 is 11.3 Å². The van der Waals surface area contributed by atoms with Gasteiger partial charge in [-0.1, -0.05) is 6.92 Å². The highest BCUT2D eigenvalue weighted by Gasteiger charge is 2.19. The summed E-state index contributed by atoms with van der Waals surface area (Å²) >= 11 is 1.63. The van der Waals surface area contributed by atoms with Gasteiger partial charge >= 0.3 is 5.97 Å². The second kappa shape index (κ2) is 5.40. The van der Waals surface area contributed by atoms with Crippen LogP contribution in [0.15, 0.2) is 6.20 Å². The second-order valence-corrected chi connectivity index (χ2v) is 5.36. The summed E-state index contributed by atoms with van der Waals surface area (Å²) in [4.78, 5) is 16.7. The van der Waals surface area contributed by atoms with Gasteiger partial charge in [-0.3, -0.25) is 4.68 Å². The van der Waals surface area contributed by atoms with E-state index in [1.807, 2.05) is 6.20 Å². The quantitative estimate of drug-likeness (QED) is 0.876. The van der Waals surface area contributed by atoms with E-state index in [1.54, 1.807) is 30.0 Å². The van der Waals surface area contributed by atoms with Crippen LogP contribution in [0, 0.1) is 6.92 Å². The van der Waals surface area contributed by atoms with Crippen molar-refractivity contribution < 1.29 is 9.90 Å². The predicted molar refractivity (Wildman–Crippen MR) is 73.7 cm³/mol. The molecule has 0 radical (unpaired) electrons. The Morgan fingerprint density at radius 2 is 2.32 bits per heavy atom. The van der Waals surface area contributed by atoms with Crippen LogP contribution in [-0.2, 0) is 20.0 Å². The van der Waals surface area contributed by atoms with Crippen LogP contribution in [0.4, 0.5) is 5.82 Å². The molecule has 2 aromatic rings. The summed E-state index contributed by atoms with van der Waals surface area (Å²) in [6.07, 6.45) is 2.82. The molecule has 19 heavy (non-hydrogen) atoms. The Hall–Kier alpha value is -1.89. The van der Waals surface area contributed by atoms with Crippen molar-refractivity contribution >= 4 is 23.1 Å². The first kappa shape index (κ1) is 13.5. The zero-order valence-corrected chi connectivity index (χ0v) is 11.9. The first-order valence-corrected chi connectivity index (χ1v) is 6.79. The summed E-state index contributed by atoms with van der Waals surface area (Å²) in [6, 6.07) is 0. The van der Waals surface area contributed by atoms with Gasteiger partial charge in [-0.05, 0) is 13.3 Å². The number of nitrogens with zero attached hydrogens (tertiary/aromatic N) is 3. The van der Waals surface area contributed by atoms with Gasteiger partial charge in [0, 0.05) is 18.1 Å². The first-order valence-electron chi connectivity index (χ1n) is 5.97. The third kappa shape index (κ3) is 2.76. The number of aromatic nitrogens is 3. The molecular weight excluding hydrogens is 264 g/mol. The molecule has 0 atom stereocenters. The molecule has 0 aliphatic rings. The Kier molecular flexibility index (Phi) is 3.84. The number of rotatable bonds is 5. The lowest BCUT2D eigenvalue weighted by molar-refractivity contribution is 0.0697. The number of carbonyl (C=O) groups is 1. The normalized spacial score (nSPS) is 10.7. The van der Waals surface area contributed by atoms with Crippen molar-refractivity contribution in [2.75, 3.05) is 5.32 Å². The average molecular weight is 280 g/mol. The molecule has 0 aliphatic heterocycles. The van der Waals surface area contributed by atoms with Crippen LogP contribution in [0.2, 0.25) is 0 Å². The standard InChI is InChI=1S/C12H16N4O2S/c1-4-8-5-13-9(19-8)6-14-11-10(12(17)18)7(2)15-16(11)3/h5,14H,4,6H2,1-3H3,(H,17,18). The SMILES string of the molecule is CCc1cnc(CNc2c(C(=O)O)c(C)nn2C)s1. The molecule has 2 rings (SSSR count). The lowest BCUT2D eigenvalue weighted by atomic mass is 10.2. The van der Waals surface area contributed by atoms with Crippen LogP contribution in [0.5, 0.6) is 0 Å². The number of hydrogen-bond donors (Lipinski definition) is 2. The number of aryl methyl sites for hydroxylation is 3. The van der Waals surface area contributed by atoms with E-state index < -0.39 is 5.97 Å². The maximum Gasteiger partial charge on any atom is 0.341 e. The van der Waals surface area contributed by atoms with Crippen molar-refractivity contribution in [1.29, 1.82) is 0 Å². The average Bonchev–Trinajstić information content (AvgIpc) is 2.90. The van der Waals surface area contributed by atoms with Crippen LogP contribution in [-0.4, -0.2) is 25.8 Å². The van der Waals surface area contributed by atoms with E-state index in [2.05, 4.69) is 22.3 Å². The van der Waals surface area contributed by atoms with Gasteiger partial charge in [0.1, 0.15) is 16.4 Å². The molecule has 0 saturated carbocycles. The number of carboxylic acids is 1. The summed E-state index contributed by atoms with van der Waals surface area (Å²) in [5.74, 6) is -0.459. The lowest BCUT2D eigenvalue weighted by Crippen LogP contribution is -2.08. The molecular formula is C12H16N4O2S. The molecule has 2 aromatic heterocycles. The Morgan fingerprint density at radius 3 is 2.89 bits per heavy atom. The van der Waals surface area contributed by atoms with Crippen molar-refractivity contribution in [2.24, 2.45) is 7.05 Å². The van der Waals surface area contributed by atoms with Crippen LogP contribution < -0.4 is 5.32 Å². The van der Waals surface area contributed by atoms with E-state index in [9.17, 15) is 9.90 Å². The summed E-state index contributed by atoms with van der Waals surface area (Å²) in [5.41, 5.74) is 0.723. The molecule has 0 unspecified atom stereocenters. The van der Waals surface area contributed by atoms with Crippen molar-refractivity contribution in [3.8, 4) is 0 Å². The third-order valence-electron chi connectivity index (χ3n) is 2.79. The highest BCUT2D eigenvalue weighted by atomic mass is 32.1. The molecule has 0 bridgehead atoms. The summed E-state index contributed by atoms with van der Waals surface area (Å²) in [5, 5.41) is 17.4. The molecule has 2 N–H and O–H groups in total. The van der Waals surface area contributed by atoms with Gasteiger partial charge in [0.15, 0.2) is 0 Å². The topological polar surface area (TPSA) is 80.0 Å². The van der Waals surface area contributed by atoms with Crippen LogP contribution in [0.25, 0.3) is 0 Å². The summed E-state index contributed by atoms with van der Waals surface area (Å²) in [7, 11) is 1.72. The van der Waals surface area contributed by atoms with Gasteiger partial charge in [-0.25, -0.2) is 9.78 Å². The van der Waals surface area contributed by atoms with Gasteiger partial charge in [-0.2, -0.15) is 5.10 Å². The Labute approximate surface area is 115 Å². The molecule has 0 amide bonds. The minimum absolute atomic E-state index is 0.217. The molecule has 0 fully saturated rings. The van der Waals surface area contributed by atoms with Gasteiger partial charge in [0.2, 0.25) is 0 Å². The molecule has 0 saturated heterocycles. The monoisotopic (exact) mass is 280 g/mol. The molecule has 7 heteroatoms. The smallest absolute Gasteiger partial charge is 0.341 e. The Bertz CT molecular complexity index is 603. The molecule has 0 aromatic carbocycles. The Balaban J connectivity index is 2.17. The first-order chi connectivity index (χ1) is 9.02. The number of anilines is 1. The van der Waals surface area contributed by atoms with Gasteiger partial charge < -0.3 is 10.4 Å². The van der Waals surface area contributed by atoms with Gasteiger partial charge in [0.25, 0.3) is 0 Å². The number of carboxylic acid groups (broad SMARTS) is 1. The van der Waals surface area contributed by atoms with E-state index in [1.165, 1.54) is 4.88 Å². The van der Waals surface area contributed by atoms with Gasteiger partial charge in [-0.15, -0.1) is 11.3 Å². The molecule has 0 spiro atoms. The number of nitrogens with one attached hydrogen (secondary N) is 1. The van der Waals surface area contributed by atoms with Crippen molar-refractivity contribution in [2.45, 2.75) is 26.8 Å². The Morgan fingerprint density at radius 1 is 1.58 bits per heavy atom. The maximum atomic E-state index is 11.2. The van der Waals surface area contributed by atoms with Gasteiger partial charge in [0.05, 0.1) is 12.2 Å². The number of thiazole rings is 1. The molecule has 2 heterocycles. The fraction of sp³-hybridized carbons (Fsp3) is 0.417. The summed E-state index contributed by atoms with van der Waals surface area (Å²) < 4.78 is 1.55. The zero-order chi connectivity index (χ0) is 14.0. The van der Waals surface area contributed by atoms with E-state index in [0.29, 0.717) is 18.1 Å². The fourth-order valence-electron chi connectivity index (χ4n) is 1.87. The van der Waals surface area contributed by atoms with Crippen molar-refractivity contribution in [3.05, 3.63) is 27.3 Å². The van der Waals surface area contributed by atoms with E-state index in [0.717, 1.165) is 11.4 Å². The van der Waals surface area contributed by atoms with Crippen molar-refractivity contribution in [1.82, 2.24) is 14.8 Å². The zero-order valence-electron chi connectivity index (χ0n) is 11.1. The summed E-state index contributed by atoms with van der Waals surface area (Å²) in [6.45, 7) is 4.27. The molecule has 6 nitrogen and oxygen atoms in total. The minimum Gasteiger partial charge on any atom is -0.477 e. The highest BCUT2D eigenvalue weighted by Crippen LogP contribution is 2.20. The maximum absolute atomic E-state index is 11.2. The van der Waals surface area contributed by atoms with Crippen LogP contribution in [0.1, 0.15) is 32.9 Å². The van der Waals surface area contributed by atoms with E-state index >= 15 is 0 Å². The fourth-order valence-corrected chi connectivity index (χ4v) is 2.67. The van der Waals surface area contributed by atoms with Crippen LogP contribution in [0.3, 0.4) is 0 Å². The van der Waals surface area contributed by atoms with E-state index in [4.69, 9.17) is 0 Å². The number of hydrogen-bond acceptors (Lipinski definition) is 5. The second-order valence-electron chi connectivity index (χ2n) is 4.17. The predicted octanol–water partition coefficient (Wildman–Crippen LogP) is 2.06.